The summed E-state index contributed by atoms with van der Waals surface area (Å²) in [6.45, 7) is 0. The normalized spacial score (nSPS) is 39.3. The molecule has 2 nitrogen and oxygen atoms in total. The van der Waals surface area contributed by atoms with E-state index in [1.165, 1.54) is 37.8 Å². The molecule has 4 rings (SSSR count). The molecule has 102 valence electrons. The first-order chi connectivity index (χ1) is 9.35. The van der Waals surface area contributed by atoms with Gasteiger partial charge < -0.3 is 10.1 Å². The van der Waals surface area contributed by atoms with Crippen LogP contribution in [-0.2, 0) is 0 Å². The predicted molar refractivity (Wildman–Crippen MR) is 77.4 cm³/mol. The van der Waals surface area contributed by atoms with Gasteiger partial charge >= 0.3 is 0 Å². The number of ether oxygens (including phenoxy) is 1. The number of anilines is 1. The Bertz CT molecular complexity index is 472. The standard InChI is InChI=1S/C17H23NO/c1-19-13-5-2-4-12(10-13)18-17-9-11-8-16(17)15-7-3-6-14(11)15/h2,4-5,10-11,14-18H,3,6-9H2,1H3. The van der Waals surface area contributed by atoms with Crippen LogP contribution in [0.25, 0.3) is 0 Å². The third-order valence-electron chi connectivity index (χ3n) is 5.85. The van der Waals surface area contributed by atoms with Crippen LogP contribution in [0.5, 0.6) is 5.75 Å². The third kappa shape index (κ3) is 1.84. The summed E-state index contributed by atoms with van der Waals surface area (Å²) < 4.78 is 5.31. The molecule has 0 amide bonds. The SMILES string of the molecule is COc1cccc(NC2CC3CC2C2CCCC32)c1. The number of methoxy groups -OCH3 is 1. The lowest BCUT2D eigenvalue weighted by Crippen LogP contribution is -2.33. The number of rotatable bonds is 3. The van der Waals surface area contributed by atoms with E-state index in [0.717, 1.165) is 29.4 Å². The van der Waals surface area contributed by atoms with Crippen molar-refractivity contribution in [1.29, 1.82) is 0 Å². The molecule has 3 aliphatic carbocycles. The molecule has 2 heteroatoms. The molecule has 5 unspecified atom stereocenters. The van der Waals surface area contributed by atoms with Gasteiger partial charge in [0.1, 0.15) is 5.75 Å². The van der Waals surface area contributed by atoms with Gasteiger partial charge in [0.05, 0.1) is 7.11 Å². The van der Waals surface area contributed by atoms with Crippen LogP contribution in [-0.4, -0.2) is 13.2 Å². The van der Waals surface area contributed by atoms with Gasteiger partial charge in [-0.05, 0) is 61.5 Å². The van der Waals surface area contributed by atoms with Crippen LogP contribution < -0.4 is 10.1 Å². The maximum absolute atomic E-state index is 5.31. The van der Waals surface area contributed by atoms with Gasteiger partial charge in [-0.3, -0.25) is 0 Å². The summed E-state index contributed by atoms with van der Waals surface area (Å²) in [5.41, 5.74) is 1.23. The molecule has 0 saturated heterocycles. The van der Waals surface area contributed by atoms with Crippen LogP contribution in [0.3, 0.4) is 0 Å². The van der Waals surface area contributed by atoms with Gasteiger partial charge in [0, 0.05) is 17.8 Å². The number of nitrogens with one attached hydrogen (secondary N) is 1. The molecular weight excluding hydrogens is 234 g/mol. The van der Waals surface area contributed by atoms with Crippen LogP contribution >= 0.6 is 0 Å². The van der Waals surface area contributed by atoms with Crippen molar-refractivity contribution in [2.24, 2.45) is 23.7 Å². The summed E-state index contributed by atoms with van der Waals surface area (Å²) >= 11 is 0. The molecule has 0 aromatic heterocycles. The van der Waals surface area contributed by atoms with Gasteiger partial charge in [0.2, 0.25) is 0 Å². The first-order valence-corrected chi connectivity index (χ1v) is 7.76. The van der Waals surface area contributed by atoms with Crippen molar-refractivity contribution in [3.05, 3.63) is 24.3 Å². The predicted octanol–water partition coefficient (Wildman–Crippen LogP) is 3.93. The van der Waals surface area contributed by atoms with E-state index in [4.69, 9.17) is 4.74 Å². The second-order valence-electron chi connectivity index (χ2n) is 6.64. The van der Waals surface area contributed by atoms with Crippen molar-refractivity contribution < 1.29 is 4.74 Å². The highest BCUT2D eigenvalue weighted by Crippen LogP contribution is 2.59. The molecule has 1 aromatic rings. The molecule has 0 heterocycles. The van der Waals surface area contributed by atoms with Gasteiger partial charge in [-0.15, -0.1) is 0 Å². The fourth-order valence-corrected chi connectivity index (χ4v) is 5.16. The van der Waals surface area contributed by atoms with Gasteiger partial charge in [0.15, 0.2) is 0 Å². The second-order valence-corrected chi connectivity index (χ2v) is 6.64. The number of hydrogen-bond acceptors (Lipinski definition) is 2. The molecule has 0 aliphatic heterocycles. The molecule has 1 N–H and O–H groups in total. The van der Waals surface area contributed by atoms with Crippen LogP contribution in [0.15, 0.2) is 24.3 Å². The zero-order chi connectivity index (χ0) is 12.8. The minimum absolute atomic E-state index is 0.705. The lowest BCUT2D eigenvalue weighted by molar-refractivity contribution is 0.243. The lowest BCUT2D eigenvalue weighted by Gasteiger charge is -2.32. The van der Waals surface area contributed by atoms with Crippen molar-refractivity contribution >= 4 is 5.69 Å². The van der Waals surface area contributed by atoms with Crippen LogP contribution in [0.1, 0.15) is 32.1 Å². The van der Waals surface area contributed by atoms with Gasteiger partial charge in [-0.2, -0.15) is 0 Å². The van der Waals surface area contributed by atoms with Gasteiger partial charge in [0.25, 0.3) is 0 Å². The van der Waals surface area contributed by atoms with E-state index in [0.29, 0.717) is 6.04 Å². The van der Waals surface area contributed by atoms with Crippen LogP contribution in [0.2, 0.25) is 0 Å². The van der Waals surface area contributed by atoms with Crippen molar-refractivity contribution in [2.45, 2.75) is 38.1 Å². The van der Waals surface area contributed by atoms with E-state index in [-0.39, 0.29) is 0 Å². The zero-order valence-corrected chi connectivity index (χ0v) is 11.6. The molecule has 3 aliphatic rings. The van der Waals surface area contributed by atoms with E-state index in [2.05, 4.69) is 23.5 Å². The molecule has 19 heavy (non-hydrogen) atoms. The minimum Gasteiger partial charge on any atom is -0.497 e. The highest BCUT2D eigenvalue weighted by molar-refractivity contribution is 5.49. The smallest absolute Gasteiger partial charge is 0.120 e. The highest BCUT2D eigenvalue weighted by Gasteiger charge is 2.53. The van der Waals surface area contributed by atoms with Crippen molar-refractivity contribution in [1.82, 2.24) is 0 Å². The summed E-state index contributed by atoms with van der Waals surface area (Å²) in [6, 6.07) is 9.08. The Morgan fingerprint density at radius 2 is 2.00 bits per heavy atom. The summed E-state index contributed by atoms with van der Waals surface area (Å²) in [4.78, 5) is 0. The summed E-state index contributed by atoms with van der Waals surface area (Å²) in [6.07, 6.45) is 7.36. The zero-order valence-electron chi connectivity index (χ0n) is 11.6. The van der Waals surface area contributed by atoms with E-state index in [9.17, 15) is 0 Å². The Morgan fingerprint density at radius 1 is 1.11 bits per heavy atom. The van der Waals surface area contributed by atoms with E-state index >= 15 is 0 Å². The summed E-state index contributed by atoms with van der Waals surface area (Å²) in [5, 5.41) is 3.78. The first-order valence-electron chi connectivity index (χ1n) is 7.76. The van der Waals surface area contributed by atoms with E-state index < -0.39 is 0 Å². The van der Waals surface area contributed by atoms with Gasteiger partial charge in [-0.25, -0.2) is 0 Å². The average Bonchev–Trinajstić information content (AvgIpc) is 3.10. The Kier molecular flexibility index (Phi) is 2.71. The Morgan fingerprint density at radius 3 is 2.89 bits per heavy atom. The van der Waals surface area contributed by atoms with Crippen molar-refractivity contribution in [3.8, 4) is 5.75 Å². The minimum atomic E-state index is 0.705. The fourth-order valence-electron chi connectivity index (χ4n) is 5.16. The third-order valence-corrected chi connectivity index (χ3v) is 5.85. The van der Waals surface area contributed by atoms with E-state index in [1.807, 2.05) is 6.07 Å². The molecule has 3 fully saturated rings. The number of benzene rings is 1. The average molecular weight is 257 g/mol. The molecule has 5 atom stereocenters. The molecule has 1 aromatic carbocycles. The topological polar surface area (TPSA) is 21.3 Å². The summed E-state index contributed by atoms with van der Waals surface area (Å²) in [5.74, 6) is 5.01. The monoisotopic (exact) mass is 257 g/mol. The van der Waals surface area contributed by atoms with Gasteiger partial charge in [-0.1, -0.05) is 12.5 Å². The van der Waals surface area contributed by atoms with Crippen LogP contribution in [0.4, 0.5) is 5.69 Å². The quantitative estimate of drug-likeness (QED) is 0.885. The largest absolute Gasteiger partial charge is 0.497 e. The van der Waals surface area contributed by atoms with Crippen LogP contribution in [0, 0.1) is 23.7 Å². The molecular formula is C17H23NO. The number of hydrogen-bond donors (Lipinski definition) is 1. The molecule has 3 saturated carbocycles. The lowest BCUT2D eigenvalue weighted by atomic mass is 9.79. The summed E-state index contributed by atoms with van der Waals surface area (Å²) in [7, 11) is 1.74. The highest BCUT2D eigenvalue weighted by atomic mass is 16.5. The fraction of sp³-hybridized carbons (Fsp3) is 0.647. The van der Waals surface area contributed by atoms with Crippen molar-refractivity contribution in [3.63, 3.8) is 0 Å². The molecule has 0 spiro atoms. The first kappa shape index (κ1) is 11.6. The Balaban J connectivity index is 1.49. The maximum Gasteiger partial charge on any atom is 0.120 e. The Hall–Kier alpha value is -1.18. The van der Waals surface area contributed by atoms with Crippen molar-refractivity contribution in [2.75, 3.05) is 12.4 Å². The Labute approximate surface area is 115 Å². The second kappa shape index (κ2) is 4.43. The molecule has 0 radical (unpaired) electrons. The maximum atomic E-state index is 5.31. The molecule has 2 bridgehead atoms. The van der Waals surface area contributed by atoms with E-state index in [1.54, 1.807) is 7.11 Å². The number of fused-ring (bicyclic) bond motifs is 5.